The first-order chi connectivity index (χ1) is 8.61. The van der Waals surface area contributed by atoms with Crippen molar-refractivity contribution >= 4 is 5.69 Å². The number of nitrogens with zero attached hydrogens (tertiary/aromatic N) is 2. The molecule has 0 bridgehead atoms. The summed E-state index contributed by atoms with van der Waals surface area (Å²) in [5.74, 6) is 0. The molecule has 0 aliphatic rings. The van der Waals surface area contributed by atoms with Gasteiger partial charge in [-0.05, 0) is 37.0 Å². The number of nitrogens with one attached hydrogen (secondary N) is 1. The lowest BCUT2D eigenvalue weighted by atomic mass is 10.0. The Kier molecular flexibility index (Phi) is 3.70. The van der Waals surface area contributed by atoms with Gasteiger partial charge in [0.05, 0.1) is 11.4 Å². The molecule has 0 aliphatic heterocycles. The van der Waals surface area contributed by atoms with E-state index in [4.69, 9.17) is 0 Å². The quantitative estimate of drug-likeness (QED) is 0.893. The van der Waals surface area contributed by atoms with E-state index in [1.54, 1.807) is 0 Å². The fourth-order valence-corrected chi connectivity index (χ4v) is 2.25. The average Bonchev–Trinajstić information content (AvgIpc) is 2.69. The van der Waals surface area contributed by atoms with E-state index < -0.39 is 0 Å². The van der Waals surface area contributed by atoms with Gasteiger partial charge < -0.3 is 5.32 Å². The first kappa shape index (κ1) is 12.7. The second-order valence-electron chi connectivity index (χ2n) is 4.74. The summed E-state index contributed by atoms with van der Waals surface area (Å²) in [5, 5.41) is 7.94. The lowest BCUT2D eigenvalue weighted by molar-refractivity contribution is 0.746. The van der Waals surface area contributed by atoms with Crippen molar-refractivity contribution in [3.63, 3.8) is 0 Å². The number of aryl methyl sites for hydroxylation is 4. The van der Waals surface area contributed by atoms with Gasteiger partial charge in [-0.1, -0.05) is 25.1 Å². The van der Waals surface area contributed by atoms with Crippen LogP contribution in [0, 0.1) is 13.8 Å². The van der Waals surface area contributed by atoms with E-state index in [2.05, 4.69) is 49.4 Å². The van der Waals surface area contributed by atoms with Gasteiger partial charge in [0.15, 0.2) is 0 Å². The molecule has 0 atom stereocenters. The second kappa shape index (κ2) is 5.25. The number of hydrogen-bond donors (Lipinski definition) is 1. The summed E-state index contributed by atoms with van der Waals surface area (Å²) in [6.07, 6.45) is 3.00. The Balaban J connectivity index is 2.16. The molecule has 0 saturated heterocycles. The molecular weight excluding hydrogens is 222 g/mol. The molecule has 18 heavy (non-hydrogen) atoms. The van der Waals surface area contributed by atoms with Gasteiger partial charge in [-0.25, -0.2) is 0 Å². The zero-order chi connectivity index (χ0) is 13.1. The van der Waals surface area contributed by atoms with Crippen LogP contribution in [0.3, 0.4) is 0 Å². The van der Waals surface area contributed by atoms with Gasteiger partial charge in [0, 0.05) is 19.8 Å². The van der Waals surface area contributed by atoms with E-state index >= 15 is 0 Å². The molecule has 0 spiro atoms. The summed E-state index contributed by atoms with van der Waals surface area (Å²) in [7, 11) is 1.96. The van der Waals surface area contributed by atoms with E-state index in [0.717, 1.165) is 24.3 Å². The molecule has 96 valence electrons. The first-order valence-electron chi connectivity index (χ1n) is 6.43. The third-order valence-electron chi connectivity index (χ3n) is 3.34. The number of hydrogen-bond acceptors (Lipinski definition) is 2. The molecular formula is C15H21N3. The summed E-state index contributed by atoms with van der Waals surface area (Å²) in [6.45, 7) is 7.31. The number of aromatic nitrogens is 2. The molecule has 0 fully saturated rings. The van der Waals surface area contributed by atoms with Crippen LogP contribution in [0.5, 0.6) is 0 Å². The molecule has 2 rings (SSSR count). The van der Waals surface area contributed by atoms with Crippen LogP contribution in [0.25, 0.3) is 0 Å². The van der Waals surface area contributed by atoms with Crippen molar-refractivity contribution < 1.29 is 0 Å². The summed E-state index contributed by atoms with van der Waals surface area (Å²) in [6, 6.07) is 6.43. The Labute approximate surface area is 109 Å². The molecule has 1 aromatic carbocycles. The highest BCUT2D eigenvalue weighted by Crippen LogP contribution is 2.18. The van der Waals surface area contributed by atoms with Crippen molar-refractivity contribution in [2.75, 3.05) is 5.32 Å². The highest BCUT2D eigenvalue weighted by atomic mass is 15.3. The molecule has 0 saturated carbocycles. The van der Waals surface area contributed by atoms with Crippen LogP contribution in [0.4, 0.5) is 5.69 Å². The van der Waals surface area contributed by atoms with Crippen LogP contribution in [0.2, 0.25) is 0 Å². The summed E-state index contributed by atoms with van der Waals surface area (Å²) in [5.41, 5.74) is 6.32. The van der Waals surface area contributed by atoms with Crippen molar-refractivity contribution in [3.05, 3.63) is 46.8 Å². The Hall–Kier alpha value is -1.77. The Morgan fingerprint density at radius 3 is 2.50 bits per heavy atom. The molecule has 1 N–H and O–H groups in total. The van der Waals surface area contributed by atoms with Gasteiger partial charge in [-0.3, -0.25) is 4.68 Å². The third-order valence-corrected chi connectivity index (χ3v) is 3.34. The van der Waals surface area contributed by atoms with Crippen molar-refractivity contribution in [3.8, 4) is 0 Å². The predicted octanol–water partition coefficient (Wildman–Crippen LogP) is 3.21. The van der Waals surface area contributed by atoms with Gasteiger partial charge >= 0.3 is 0 Å². The van der Waals surface area contributed by atoms with Crippen molar-refractivity contribution in [2.45, 2.75) is 33.7 Å². The summed E-state index contributed by atoms with van der Waals surface area (Å²) < 4.78 is 1.87. The van der Waals surface area contributed by atoms with Gasteiger partial charge in [0.2, 0.25) is 0 Å². The zero-order valence-corrected chi connectivity index (χ0v) is 11.6. The molecule has 0 unspecified atom stereocenters. The van der Waals surface area contributed by atoms with E-state index in [9.17, 15) is 0 Å². The Bertz CT molecular complexity index is 520. The third kappa shape index (κ3) is 2.55. The van der Waals surface area contributed by atoms with E-state index in [1.165, 1.54) is 16.7 Å². The predicted molar refractivity (Wildman–Crippen MR) is 75.8 cm³/mol. The molecule has 3 nitrogen and oxygen atoms in total. The van der Waals surface area contributed by atoms with Gasteiger partial charge in [0.25, 0.3) is 0 Å². The molecule has 3 heteroatoms. The SMILES string of the molecule is CCc1nn(C)cc1NCc1c(C)cccc1C. The Morgan fingerprint density at radius 1 is 1.22 bits per heavy atom. The molecule has 0 aliphatic carbocycles. The minimum Gasteiger partial charge on any atom is -0.378 e. The maximum absolute atomic E-state index is 4.44. The molecule has 1 aromatic heterocycles. The lowest BCUT2D eigenvalue weighted by Gasteiger charge is -2.11. The minimum absolute atomic E-state index is 0.858. The second-order valence-corrected chi connectivity index (χ2v) is 4.74. The van der Waals surface area contributed by atoms with Crippen LogP contribution in [0.15, 0.2) is 24.4 Å². The first-order valence-corrected chi connectivity index (χ1v) is 6.43. The molecule has 1 heterocycles. The topological polar surface area (TPSA) is 29.9 Å². The van der Waals surface area contributed by atoms with Crippen molar-refractivity contribution in [1.82, 2.24) is 9.78 Å². The number of rotatable bonds is 4. The van der Waals surface area contributed by atoms with E-state index in [1.807, 2.05) is 17.9 Å². The smallest absolute Gasteiger partial charge is 0.0853 e. The number of anilines is 1. The summed E-state index contributed by atoms with van der Waals surface area (Å²) in [4.78, 5) is 0. The maximum Gasteiger partial charge on any atom is 0.0853 e. The largest absolute Gasteiger partial charge is 0.378 e. The highest BCUT2D eigenvalue weighted by molar-refractivity contribution is 5.48. The fraction of sp³-hybridized carbons (Fsp3) is 0.400. The average molecular weight is 243 g/mol. The minimum atomic E-state index is 0.858. The standard InChI is InChI=1S/C15H21N3/c1-5-14-15(10-18(4)17-14)16-9-13-11(2)7-6-8-12(13)3/h6-8,10,16H,5,9H2,1-4H3. The monoisotopic (exact) mass is 243 g/mol. The molecule has 0 amide bonds. The van der Waals surface area contributed by atoms with E-state index in [0.29, 0.717) is 0 Å². The molecule has 2 aromatic rings. The molecule has 0 radical (unpaired) electrons. The normalized spacial score (nSPS) is 10.7. The fourth-order valence-electron chi connectivity index (χ4n) is 2.25. The van der Waals surface area contributed by atoms with Gasteiger partial charge in [0.1, 0.15) is 0 Å². The van der Waals surface area contributed by atoms with Gasteiger partial charge in [-0.2, -0.15) is 5.10 Å². The Morgan fingerprint density at radius 2 is 1.89 bits per heavy atom. The van der Waals surface area contributed by atoms with Gasteiger partial charge in [-0.15, -0.1) is 0 Å². The highest BCUT2D eigenvalue weighted by Gasteiger charge is 2.07. The zero-order valence-electron chi connectivity index (χ0n) is 11.6. The van der Waals surface area contributed by atoms with Crippen molar-refractivity contribution in [2.24, 2.45) is 7.05 Å². The lowest BCUT2D eigenvalue weighted by Crippen LogP contribution is -2.04. The van der Waals surface area contributed by atoms with Crippen molar-refractivity contribution in [1.29, 1.82) is 0 Å². The summed E-state index contributed by atoms with van der Waals surface area (Å²) >= 11 is 0. The van der Waals surface area contributed by atoms with E-state index in [-0.39, 0.29) is 0 Å². The maximum atomic E-state index is 4.44. The number of benzene rings is 1. The van der Waals surface area contributed by atoms with Crippen LogP contribution in [0.1, 0.15) is 29.3 Å². The van der Waals surface area contributed by atoms with Crippen LogP contribution >= 0.6 is 0 Å². The van der Waals surface area contributed by atoms with Crippen LogP contribution < -0.4 is 5.32 Å². The van der Waals surface area contributed by atoms with Crippen LogP contribution in [-0.4, -0.2) is 9.78 Å². The van der Waals surface area contributed by atoms with Crippen LogP contribution in [-0.2, 0) is 20.0 Å².